The second-order valence-electron chi connectivity index (χ2n) is 4.46. The zero-order valence-electron chi connectivity index (χ0n) is 11.4. The van der Waals surface area contributed by atoms with E-state index < -0.39 is 10.0 Å². The van der Waals surface area contributed by atoms with E-state index in [9.17, 15) is 8.42 Å². The largest absolute Gasteiger partial charge is 0.267 e. The number of aryl methyl sites for hydroxylation is 1. The number of anilines is 1. The fraction of sp³-hybridized carbons (Fsp3) is 0.200. The van der Waals surface area contributed by atoms with Gasteiger partial charge in [0.2, 0.25) is 0 Å². The highest BCUT2D eigenvalue weighted by molar-refractivity contribution is 7.92. The minimum atomic E-state index is -3.54. The van der Waals surface area contributed by atoms with E-state index in [-0.39, 0.29) is 0 Å². The summed E-state index contributed by atoms with van der Waals surface area (Å²) in [7, 11) is -3.54. The first-order valence-electron chi connectivity index (χ1n) is 6.30. The summed E-state index contributed by atoms with van der Waals surface area (Å²) in [5.74, 6) is 0. The van der Waals surface area contributed by atoms with Crippen LogP contribution in [-0.2, 0) is 10.0 Å². The Balaban J connectivity index is 2.44. The maximum absolute atomic E-state index is 12.7. The van der Waals surface area contributed by atoms with Gasteiger partial charge in [0.25, 0.3) is 10.0 Å². The van der Waals surface area contributed by atoms with Gasteiger partial charge in [-0.05, 0) is 50.2 Å². The van der Waals surface area contributed by atoms with E-state index in [0.717, 1.165) is 5.56 Å². The van der Waals surface area contributed by atoms with E-state index in [1.165, 1.54) is 4.31 Å². The molecule has 0 heterocycles. The zero-order chi connectivity index (χ0) is 14.8. The van der Waals surface area contributed by atoms with E-state index in [0.29, 0.717) is 22.2 Å². The molecule has 0 saturated carbocycles. The van der Waals surface area contributed by atoms with Crippen molar-refractivity contribution in [2.75, 3.05) is 10.8 Å². The number of benzene rings is 2. The second-order valence-corrected chi connectivity index (χ2v) is 6.76. The lowest BCUT2D eigenvalue weighted by molar-refractivity contribution is 0.592. The van der Waals surface area contributed by atoms with Gasteiger partial charge < -0.3 is 0 Å². The predicted octanol–water partition coefficient (Wildman–Crippen LogP) is 3.86. The molecule has 2 rings (SSSR count). The maximum Gasteiger partial charge on any atom is 0.264 e. The Kier molecular flexibility index (Phi) is 4.35. The summed E-state index contributed by atoms with van der Waals surface area (Å²) in [6.07, 6.45) is 0. The summed E-state index contributed by atoms with van der Waals surface area (Å²) in [4.78, 5) is 0.292. The molecule has 3 nitrogen and oxygen atoms in total. The van der Waals surface area contributed by atoms with Gasteiger partial charge in [0.05, 0.1) is 10.6 Å². The molecule has 20 heavy (non-hydrogen) atoms. The normalized spacial score (nSPS) is 11.3. The number of hydrogen-bond acceptors (Lipinski definition) is 2. The maximum atomic E-state index is 12.7. The van der Waals surface area contributed by atoms with Crippen molar-refractivity contribution < 1.29 is 8.42 Å². The molecule has 0 atom stereocenters. The fourth-order valence-corrected chi connectivity index (χ4v) is 3.54. The summed E-state index contributed by atoms with van der Waals surface area (Å²) >= 11 is 5.84. The third-order valence-electron chi connectivity index (χ3n) is 3.01. The van der Waals surface area contributed by atoms with Crippen molar-refractivity contribution in [3.8, 4) is 0 Å². The topological polar surface area (TPSA) is 37.4 Å². The van der Waals surface area contributed by atoms with Crippen molar-refractivity contribution in [3.05, 3.63) is 59.1 Å². The van der Waals surface area contributed by atoms with Gasteiger partial charge in [-0.2, -0.15) is 0 Å². The Hall–Kier alpha value is -1.52. The predicted molar refractivity (Wildman–Crippen MR) is 82.8 cm³/mol. The summed E-state index contributed by atoms with van der Waals surface area (Å²) in [6.45, 7) is 4.09. The molecule has 0 N–H and O–H groups in total. The number of nitrogens with zero attached hydrogens (tertiary/aromatic N) is 1. The molecule has 0 bridgehead atoms. The van der Waals surface area contributed by atoms with Crippen molar-refractivity contribution in [3.63, 3.8) is 0 Å². The van der Waals surface area contributed by atoms with Crippen LogP contribution in [0, 0.1) is 6.92 Å². The standard InChI is InChI=1S/C15H16ClNO2S/c1-3-17(14-8-6-13(16)7-9-14)20(18,19)15-10-4-12(2)5-11-15/h4-11H,3H2,1-2H3. The van der Waals surface area contributed by atoms with Crippen LogP contribution in [0.2, 0.25) is 5.02 Å². The quantitative estimate of drug-likeness (QED) is 0.860. The van der Waals surface area contributed by atoms with Gasteiger partial charge in [-0.15, -0.1) is 0 Å². The Morgan fingerprint density at radius 2 is 1.55 bits per heavy atom. The Bertz CT molecular complexity index is 679. The molecule has 106 valence electrons. The van der Waals surface area contributed by atoms with Gasteiger partial charge in [0.15, 0.2) is 0 Å². The number of hydrogen-bond donors (Lipinski definition) is 0. The van der Waals surface area contributed by atoms with Crippen LogP contribution in [0.4, 0.5) is 5.69 Å². The van der Waals surface area contributed by atoms with Crippen LogP contribution >= 0.6 is 11.6 Å². The van der Waals surface area contributed by atoms with E-state index in [1.807, 2.05) is 6.92 Å². The van der Waals surface area contributed by atoms with Crippen LogP contribution in [0.25, 0.3) is 0 Å². The molecular formula is C15H16ClNO2S. The van der Waals surface area contributed by atoms with Gasteiger partial charge in [-0.3, -0.25) is 4.31 Å². The van der Waals surface area contributed by atoms with Gasteiger partial charge in [-0.1, -0.05) is 29.3 Å². The van der Waals surface area contributed by atoms with Crippen LogP contribution in [0.15, 0.2) is 53.4 Å². The molecule has 0 saturated heterocycles. The third kappa shape index (κ3) is 2.97. The minimum absolute atomic E-state index is 0.292. The average Bonchev–Trinajstić information content (AvgIpc) is 2.42. The molecular weight excluding hydrogens is 294 g/mol. The lowest BCUT2D eigenvalue weighted by atomic mass is 10.2. The van der Waals surface area contributed by atoms with Crippen LogP contribution in [-0.4, -0.2) is 15.0 Å². The first-order valence-corrected chi connectivity index (χ1v) is 8.12. The van der Waals surface area contributed by atoms with Crippen molar-refractivity contribution in [1.82, 2.24) is 0 Å². The lowest BCUT2D eigenvalue weighted by Crippen LogP contribution is -2.30. The molecule has 0 aliphatic carbocycles. The number of halogens is 1. The van der Waals surface area contributed by atoms with E-state index >= 15 is 0 Å². The van der Waals surface area contributed by atoms with Gasteiger partial charge in [0, 0.05) is 11.6 Å². The van der Waals surface area contributed by atoms with E-state index in [1.54, 1.807) is 55.5 Å². The third-order valence-corrected chi connectivity index (χ3v) is 5.18. The summed E-state index contributed by atoms with van der Waals surface area (Å²) in [6, 6.07) is 13.6. The van der Waals surface area contributed by atoms with E-state index in [4.69, 9.17) is 11.6 Å². The molecule has 0 unspecified atom stereocenters. The van der Waals surface area contributed by atoms with Crippen LogP contribution < -0.4 is 4.31 Å². The van der Waals surface area contributed by atoms with Crippen molar-refractivity contribution in [2.24, 2.45) is 0 Å². The SMILES string of the molecule is CCN(c1ccc(Cl)cc1)S(=O)(=O)c1ccc(C)cc1. The van der Waals surface area contributed by atoms with Crippen molar-refractivity contribution >= 4 is 27.3 Å². The monoisotopic (exact) mass is 309 g/mol. The highest BCUT2D eigenvalue weighted by Gasteiger charge is 2.23. The molecule has 0 aliphatic rings. The van der Waals surface area contributed by atoms with Crippen LogP contribution in [0.1, 0.15) is 12.5 Å². The number of rotatable bonds is 4. The van der Waals surface area contributed by atoms with Crippen LogP contribution in [0.5, 0.6) is 0 Å². The Morgan fingerprint density at radius 1 is 1.00 bits per heavy atom. The zero-order valence-corrected chi connectivity index (χ0v) is 12.9. The Morgan fingerprint density at radius 3 is 2.05 bits per heavy atom. The smallest absolute Gasteiger partial charge is 0.264 e. The second kappa shape index (κ2) is 5.85. The van der Waals surface area contributed by atoms with Crippen molar-refractivity contribution in [2.45, 2.75) is 18.7 Å². The fourth-order valence-electron chi connectivity index (χ4n) is 1.94. The molecule has 0 fully saturated rings. The van der Waals surface area contributed by atoms with Crippen molar-refractivity contribution in [1.29, 1.82) is 0 Å². The van der Waals surface area contributed by atoms with Gasteiger partial charge in [0.1, 0.15) is 0 Å². The highest BCUT2D eigenvalue weighted by atomic mass is 35.5. The first-order chi connectivity index (χ1) is 9.45. The molecule has 2 aromatic carbocycles. The molecule has 0 spiro atoms. The molecule has 2 aromatic rings. The van der Waals surface area contributed by atoms with Crippen LogP contribution in [0.3, 0.4) is 0 Å². The average molecular weight is 310 g/mol. The first kappa shape index (κ1) is 14.9. The summed E-state index contributed by atoms with van der Waals surface area (Å²) in [5.41, 5.74) is 1.64. The molecule has 5 heteroatoms. The lowest BCUT2D eigenvalue weighted by Gasteiger charge is -2.23. The molecule has 0 radical (unpaired) electrons. The molecule has 0 aromatic heterocycles. The van der Waals surface area contributed by atoms with Gasteiger partial charge >= 0.3 is 0 Å². The molecule has 0 aliphatic heterocycles. The van der Waals surface area contributed by atoms with Gasteiger partial charge in [-0.25, -0.2) is 8.42 Å². The highest BCUT2D eigenvalue weighted by Crippen LogP contribution is 2.25. The Labute approximate surface area is 124 Å². The molecule has 0 amide bonds. The number of sulfonamides is 1. The van der Waals surface area contributed by atoms with E-state index in [2.05, 4.69) is 0 Å². The minimum Gasteiger partial charge on any atom is -0.267 e. The summed E-state index contributed by atoms with van der Waals surface area (Å²) in [5, 5.41) is 0.581. The summed E-state index contributed by atoms with van der Waals surface area (Å²) < 4.78 is 26.7.